The average molecular weight is 274 g/mol. The van der Waals surface area contributed by atoms with E-state index < -0.39 is 11.7 Å². The van der Waals surface area contributed by atoms with Gasteiger partial charge in [-0.05, 0) is 19.2 Å². The van der Waals surface area contributed by atoms with Crippen LogP contribution < -0.4 is 0 Å². The molecule has 1 aromatic rings. The molecule has 0 amide bonds. The Morgan fingerprint density at radius 2 is 1.79 bits per heavy atom. The molecule has 106 valence electrons. The molecule has 1 aliphatic heterocycles. The number of halogens is 3. The Balaban J connectivity index is 2.05. The number of alkyl halides is 3. The van der Waals surface area contributed by atoms with Crippen LogP contribution in [0.2, 0.25) is 0 Å². The fourth-order valence-electron chi connectivity index (χ4n) is 2.12. The Morgan fingerprint density at radius 3 is 2.32 bits per heavy atom. The molecule has 0 bridgehead atoms. The Bertz CT molecular complexity index is 440. The third-order valence-electron chi connectivity index (χ3n) is 3.40. The van der Waals surface area contributed by atoms with Gasteiger partial charge in [-0.15, -0.1) is 0 Å². The number of rotatable bonds is 2. The van der Waals surface area contributed by atoms with Gasteiger partial charge < -0.3 is 10.0 Å². The molecular formula is C13H17F3N2O. The fourth-order valence-corrected chi connectivity index (χ4v) is 2.12. The number of piperazine rings is 1. The molecule has 1 aliphatic rings. The molecule has 0 unspecified atom stereocenters. The Labute approximate surface area is 110 Å². The highest BCUT2D eigenvalue weighted by atomic mass is 19.4. The van der Waals surface area contributed by atoms with Gasteiger partial charge in [0.1, 0.15) is 5.75 Å². The molecule has 3 nitrogen and oxygen atoms in total. The number of aromatic hydroxyl groups is 1. The van der Waals surface area contributed by atoms with E-state index in [0.29, 0.717) is 12.1 Å². The minimum atomic E-state index is -4.41. The van der Waals surface area contributed by atoms with Gasteiger partial charge >= 0.3 is 6.18 Å². The van der Waals surface area contributed by atoms with Crippen LogP contribution in [0, 0.1) is 0 Å². The molecule has 1 saturated heterocycles. The minimum Gasteiger partial charge on any atom is -0.508 e. The van der Waals surface area contributed by atoms with E-state index in [1.54, 1.807) is 0 Å². The molecule has 0 atom stereocenters. The van der Waals surface area contributed by atoms with Crippen molar-refractivity contribution in [1.29, 1.82) is 0 Å². The SMILES string of the molecule is CN1CCN(Cc2ccc(C(F)(F)F)cc2O)CC1. The monoisotopic (exact) mass is 274 g/mol. The van der Waals surface area contributed by atoms with Crippen molar-refractivity contribution in [2.75, 3.05) is 33.2 Å². The van der Waals surface area contributed by atoms with Gasteiger partial charge in [-0.25, -0.2) is 0 Å². The van der Waals surface area contributed by atoms with Crippen molar-refractivity contribution >= 4 is 0 Å². The van der Waals surface area contributed by atoms with Crippen LogP contribution in [-0.2, 0) is 12.7 Å². The molecule has 0 saturated carbocycles. The van der Waals surface area contributed by atoms with Gasteiger partial charge in [0.15, 0.2) is 0 Å². The van der Waals surface area contributed by atoms with Crippen LogP contribution in [0.25, 0.3) is 0 Å². The van der Waals surface area contributed by atoms with Gasteiger partial charge in [-0.1, -0.05) is 6.07 Å². The van der Waals surface area contributed by atoms with Crippen molar-refractivity contribution in [3.05, 3.63) is 29.3 Å². The highest BCUT2D eigenvalue weighted by molar-refractivity contribution is 5.37. The van der Waals surface area contributed by atoms with Gasteiger partial charge in [-0.2, -0.15) is 13.2 Å². The second kappa shape index (κ2) is 5.38. The summed E-state index contributed by atoms with van der Waals surface area (Å²) in [6.45, 7) is 4.06. The molecular weight excluding hydrogens is 257 g/mol. The number of hydrogen-bond donors (Lipinski definition) is 1. The van der Waals surface area contributed by atoms with Gasteiger partial charge in [0.05, 0.1) is 5.56 Å². The van der Waals surface area contributed by atoms with E-state index in [9.17, 15) is 18.3 Å². The Kier molecular flexibility index (Phi) is 4.01. The zero-order chi connectivity index (χ0) is 14.0. The van der Waals surface area contributed by atoms with Crippen LogP contribution in [0.4, 0.5) is 13.2 Å². The smallest absolute Gasteiger partial charge is 0.416 e. The first-order valence-electron chi connectivity index (χ1n) is 6.16. The van der Waals surface area contributed by atoms with Gasteiger partial charge in [0, 0.05) is 38.3 Å². The number of benzene rings is 1. The van der Waals surface area contributed by atoms with E-state index in [1.165, 1.54) is 6.07 Å². The van der Waals surface area contributed by atoms with Gasteiger partial charge in [-0.3, -0.25) is 4.90 Å². The summed E-state index contributed by atoms with van der Waals surface area (Å²) >= 11 is 0. The third-order valence-corrected chi connectivity index (χ3v) is 3.40. The Morgan fingerprint density at radius 1 is 1.16 bits per heavy atom. The second-order valence-corrected chi connectivity index (χ2v) is 4.92. The molecule has 1 heterocycles. The molecule has 2 rings (SSSR count). The number of hydrogen-bond acceptors (Lipinski definition) is 3. The molecule has 0 aromatic heterocycles. The number of phenols is 1. The van der Waals surface area contributed by atoms with Crippen LogP contribution in [-0.4, -0.2) is 48.1 Å². The molecule has 1 N–H and O–H groups in total. The standard InChI is InChI=1S/C13H17F3N2O/c1-17-4-6-18(7-5-17)9-10-2-3-11(8-12(10)19)13(14,15)16/h2-3,8,19H,4-7,9H2,1H3. The van der Waals surface area contributed by atoms with E-state index in [4.69, 9.17) is 0 Å². The van der Waals surface area contributed by atoms with E-state index >= 15 is 0 Å². The summed E-state index contributed by atoms with van der Waals surface area (Å²) in [5, 5.41) is 9.70. The van der Waals surface area contributed by atoms with Crippen LogP contribution in [0.3, 0.4) is 0 Å². The van der Waals surface area contributed by atoms with Crippen LogP contribution in [0.5, 0.6) is 5.75 Å². The zero-order valence-corrected chi connectivity index (χ0v) is 10.7. The lowest BCUT2D eigenvalue weighted by Crippen LogP contribution is -2.43. The first-order chi connectivity index (χ1) is 8.86. The quantitative estimate of drug-likeness (QED) is 0.895. The minimum absolute atomic E-state index is 0.284. The number of likely N-dealkylation sites (N-methyl/N-ethyl adjacent to an activating group) is 1. The van der Waals surface area contributed by atoms with Crippen LogP contribution >= 0.6 is 0 Å². The lowest BCUT2D eigenvalue weighted by Gasteiger charge is -2.32. The third kappa shape index (κ3) is 3.61. The highest BCUT2D eigenvalue weighted by Crippen LogP contribution is 2.33. The number of phenolic OH excluding ortho intramolecular Hbond substituents is 1. The second-order valence-electron chi connectivity index (χ2n) is 4.92. The molecule has 1 aromatic carbocycles. The van der Waals surface area contributed by atoms with Crippen molar-refractivity contribution in [2.24, 2.45) is 0 Å². The summed E-state index contributed by atoms with van der Waals surface area (Å²) in [4.78, 5) is 4.32. The van der Waals surface area contributed by atoms with E-state index in [1.807, 2.05) is 7.05 Å². The van der Waals surface area contributed by atoms with Crippen molar-refractivity contribution in [3.8, 4) is 5.75 Å². The van der Waals surface area contributed by atoms with Crippen molar-refractivity contribution in [1.82, 2.24) is 9.80 Å². The predicted molar refractivity (Wildman–Crippen MR) is 65.9 cm³/mol. The molecule has 19 heavy (non-hydrogen) atoms. The molecule has 1 fully saturated rings. The van der Waals surface area contributed by atoms with Crippen LogP contribution in [0.1, 0.15) is 11.1 Å². The van der Waals surface area contributed by atoms with Gasteiger partial charge in [0.2, 0.25) is 0 Å². The summed E-state index contributed by atoms with van der Waals surface area (Å²) in [7, 11) is 2.03. The molecule has 0 spiro atoms. The first kappa shape index (κ1) is 14.1. The maximum absolute atomic E-state index is 12.5. The summed E-state index contributed by atoms with van der Waals surface area (Å²) in [6, 6.07) is 3.17. The van der Waals surface area contributed by atoms with Crippen molar-refractivity contribution < 1.29 is 18.3 Å². The van der Waals surface area contributed by atoms with E-state index in [-0.39, 0.29) is 5.75 Å². The Hall–Kier alpha value is -1.27. The average Bonchev–Trinajstić information content (AvgIpc) is 2.33. The largest absolute Gasteiger partial charge is 0.508 e. The molecule has 0 aliphatic carbocycles. The number of nitrogens with zero attached hydrogens (tertiary/aromatic N) is 2. The van der Waals surface area contributed by atoms with Crippen molar-refractivity contribution in [3.63, 3.8) is 0 Å². The van der Waals surface area contributed by atoms with Crippen molar-refractivity contribution in [2.45, 2.75) is 12.7 Å². The maximum atomic E-state index is 12.5. The lowest BCUT2D eigenvalue weighted by molar-refractivity contribution is -0.137. The van der Waals surface area contributed by atoms with Crippen LogP contribution in [0.15, 0.2) is 18.2 Å². The van der Waals surface area contributed by atoms with E-state index in [2.05, 4.69) is 9.80 Å². The molecule has 6 heteroatoms. The maximum Gasteiger partial charge on any atom is 0.416 e. The summed E-state index contributed by atoms with van der Waals surface area (Å²) in [5.74, 6) is -0.284. The fraction of sp³-hybridized carbons (Fsp3) is 0.538. The summed E-state index contributed by atoms with van der Waals surface area (Å²) < 4.78 is 37.4. The molecule has 0 radical (unpaired) electrons. The van der Waals surface area contributed by atoms with E-state index in [0.717, 1.165) is 38.3 Å². The topological polar surface area (TPSA) is 26.7 Å². The zero-order valence-electron chi connectivity index (χ0n) is 10.7. The first-order valence-corrected chi connectivity index (χ1v) is 6.16. The lowest BCUT2D eigenvalue weighted by atomic mass is 10.1. The normalized spacial score (nSPS) is 18.7. The predicted octanol–water partition coefficient (Wildman–Crippen LogP) is 2.16. The van der Waals surface area contributed by atoms with Gasteiger partial charge in [0.25, 0.3) is 0 Å². The highest BCUT2D eigenvalue weighted by Gasteiger charge is 2.31. The summed E-state index contributed by atoms with van der Waals surface area (Å²) in [6.07, 6.45) is -4.41. The summed E-state index contributed by atoms with van der Waals surface area (Å²) in [5.41, 5.74) is -0.273.